The minimum atomic E-state index is -4.20. The third kappa shape index (κ3) is 5.48. The van der Waals surface area contributed by atoms with Crippen molar-refractivity contribution in [1.82, 2.24) is 10.3 Å². The number of nitrogens with one attached hydrogen (secondary N) is 1. The van der Waals surface area contributed by atoms with E-state index in [-0.39, 0.29) is 18.7 Å². The first-order valence-corrected chi connectivity index (χ1v) is 10.2. The van der Waals surface area contributed by atoms with Gasteiger partial charge in [0.2, 0.25) is 0 Å². The van der Waals surface area contributed by atoms with E-state index in [1.165, 1.54) is 11.8 Å². The fourth-order valence-electron chi connectivity index (χ4n) is 3.16. The number of aromatic nitrogens is 1. The van der Waals surface area contributed by atoms with E-state index in [1.54, 1.807) is 18.3 Å². The van der Waals surface area contributed by atoms with Gasteiger partial charge in [-0.05, 0) is 59.5 Å². The molecule has 1 aromatic carbocycles. The average molecular weight is 459 g/mol. The lowest BCUT2D eigenvalue weighted by Crippen LogP contribution is -2.41. The highest BCUT2D eigenvalue weighted by Gasteiger charge is 2.42. The van der Waals surface area contributed by atoms with Gasteiger partial charge in [0.05, 0.1) is 11.5 Å². The smallest absolute Gasteiger partial charge is 0.349 e. The van der Waals surface area contributed by atoms with Gasteiger partial charge in [-0.15, -0.1) is 0 Å². The molecule has 27 heavy (non-hydrogen) atoms. The number of amides is 1. The number of pyridine rings is 1. The van der Waals surface area contributed by atoms with Crippen LogP contribution in [-0.2, 0) is 0 Å². The summed E-state index contributed by atoms with van der Waals surface area (Å²) in [7, 11) is 0. The number of alkyl halides is 3. The van der Waals surface area contributed by atoms with E-state index < -0.39 is 18.1 Å². The van der Waals surface area contributed by atoms with Gasteiger partial charge < -0.3 is 5.32 Å². The van der Waals surface area contributed by atoms with E-state index >= 15 is 0 Å². The summed E-state index contributed by atoms with van der Waals surface area (Å²) in [6.45, 7) is 0. The van der Waals surface area contributed by atoms with E-state index in [0.717, 1.165) is 9.50 Å². The van der Waals surface area contributed by atoms with Crippen LogP contribution < -0.4 is 5.32 Å². The molecule has 1 saturated carbocycles. The van der Waals surface area contributed by atoms with Crippen LogP contribution in [-0.4, -0.2) is 23.1 Å². The van der Waals surface area contributed by atoms with Crippen LogP contribution in [0.3, 0.4) is 0 Å². The number of hydrogen-bond acceptors (Lipinski definition) is 3. The van der Waals surface area contributed by atoms with Gasteiger partial charge in [-0.25, -0.2) is 4.98 Å². The van der Waals surface area contributed by atoms with Gasteiger partial charge in [0, 0.05) is 21.6 Å². The number of rotatable bonds is 4. The van der Waals surface area contributed by atoms with Crippen molar-refractivity contribution < 1.29 is 18.0 Å². The molecule has 3 nitrogen and oxygen atoms in total. The quantitative estimate of drug-likeness (QED) is 0.624. The third-order valence-electron chi connectivity index (χ3n) is 4.52. The monoisotopic (exact) mass is 458 g/mol. The Labute approximate surface area is 168 Å². The Morgan fingerprint density at radius 1 is 1.19 bits per heavy atom. The van der Waals surface area contributed by atoms with Crippen molar-refractivity contribution >= 4 is 33.6 Å². The molecule has 2 aromatic rings. The number of benzene rings is 1. The van der Waals surface area contributed by atoms with Crippen molar-refractivity contribution in [3.05, 3.63) is 52.6 Å². The number of hydrogen-bond donors (Lipinski definition) is 1. The summed E-state index contributed by atoms with van der Waals surface area (Å²) in [6.07, 6.45) is -1.42. The first-order chi connectivity index (χ1) is 12.8. The van der Waals surface area contributed by atoms with Crippen molar-refractivity contribution in [3.63, 3.8) is 0 Å². The van der Waals surface area contributed by atoms with Gasteiger partial charge in [0.15, 0.2) is 0 Å². The van der Waals surface area contributed by atoms with Crippen molar-refractivity contribution in [1.29, 1.82) is 0 Å². The van der Waals surface area contributed by atoms with Gasteiger partial charge in [0.1, 0.15) is 5.03 Å². The van der Waals surface area contributed by atoms with Crippen LogP contribution in [0.5, 0.6) is 0 Å². The largest absolute Gasteiger partial charge is 0.391 e. The second-order valence-electron chi connectivity index (χ2n) is 6.49. The topological polar surface area (TPSA) is 42.0 Å². The molecule has 0 bridgehead atoms. The van der Waals surface area contributed by atoms with Crippen LogP contribution >= 0.6 is 27.7 Å². The molecule has 1 N–H and O–H groups in total. The highest BCUT2D eigenvalue weighted by Crippen LogP contribution is 2.38. The fourth-order valence-corrected chi connectivity index (χ4v) is 4.28. The molecule has 0 spiro atoms. The minimum Gasteiger partial charge on any atom is -0.349 e. The Morgan fingerprint density at radius 3 is 2.67 bits per heavy atom. The summed E-state index contributed by atoms with van der Waals surface area (Å²) in [5.74, 6) is -1.68. The molecule has 1 fully saturated rings. The molecular weight excluding hydrogens is 441 g/mol. The van der Waals surface area contributed by atoms with Crippen LogP contribution in [0.25, 0.3) is 0 Å². The lowest BCUT2D eigenvalue weighted by atomic mass is 9.85. The van der Waals surface area contributed by atoms with Crippen molar-refractivity contribution in [2.75, 3.05) is 0 Å². The van der Waals surface area contributed by atoms with Crippen LogP contribution in [0.1, 0.15) is 36.0 Å². The van der Waals surface area contributed by atoms with E-state index in [4.69, 9.17) is 0 Å². The predicted octanol–water partition coefficient (Wildman–Crippen LogP) is 5.85. The molecule has 1 amide bonds. The van der Waals surface area contributed by atoms with Crippen LogP contribution in [0, 0.1) is 5.92 Å². The molecule has 1 heterocycles. The maximum absolute atomic E-state index is 13.0. The zero-order valence-electron chi connectivity index (χ0n) is 14.3. The zero-order chi connectivity index (χ0) is 19.4. The lowest BCUT2D eigenvalue weighted by molar-refractivity contribution is -0.183. The first kappa shape index (κ1) is 20.2. The molecule has 2 atom stereocenters. The van der Waals surface area contributed by atoms with E-state index in [2.05, 4.69) is 26.2 Å². The Balaban J connectivity index is 1.70. The van der Waals surface area contributed by atoms with Gasteiger partial charge in [-0.3, -0.25) is 4.79 Å². The van der Waals surface area contributed by atoms with Gasteiger partial charge in [-0.1, -0.05) is 30.3 Å². The van der Waals surface area contributed by atoms with Crippen molar-refractivity contribution in [3.8, 4) is 0 Å². The Kier molecular flexibility index (Phi) is 6.47. The molecule has 0 aliphatic heterocycles. The molecule has 1 aliphatic carbocycles. The number of nitrogens with zero attached hydrogens (tertiary/aromatic N) is 1. The van der Waals surface area contributed by atoms with E-state index in [1.807, 2.05) is 24.3 Å². The minimum absolute atomic E-state index is 0.0567. The van der Waals surface area contributed by atoms with E-state index in [0.29, 0.717) is 23.3 Å². The zero-order valence-corrected chi connectivity index (χ0v) is 16.7. The van der Waals surface area contributed by atoms with Gasteiger partial charge >= 0.3 is 6.18 Å². The maximum Gasteiger partial charge on any atom is 0.391 e. The summed E-state index contributed by atoms with van der Waals surface area (Å²) < 4.78 is 39.8. The number of carbonyl (C=O) groups is 1. The summed E-state index contributed by atoms with van der Waals surface area (Å²) in [4.78, 5) is 17.7. The standard InChI is InChI=1S/C19H18BrF3N2OS/c20-13-8-9-17(24-11-13)27-16-7-2-1-6-15(16)18(26)25-14-5-3-4-12(10-14)19(21,22)23/h1-2,6-9,11-12,14H,3-5,10H2,(H,25,26). The maximum atomic E-state index is 13.0. The van der Waals surface area contributed by atoms with E-state index in [9.17, 15) is 18.0 Å². The Morgan fingerprint density at radius 2 is 1.96 bits per heavy atom. The van der Waals surface area contributed by atoms with Gasteiger partial charge in [-0.2, -0.15) is 13.2 Å². The van der Waals surface area contributed by atoms with Gasteiger partial charge in [0.25, 0.3) is 5.91 Å². The molecule has 0 saturated heterocycles. The number of carbonyl (C=O) groups excluding carboxylic acids is 1. The Hall–Kier alpha value is -1.54. The van der Waals surface area contributed by atoms with Crippen LogP contribution in [0.2, 0.25) is 0 Å². The van der Waals surface area contributed by atoms with Crippen molar-refractivity contribution in [2.45, 2.75) is 47.8 Å². The average Bonchev–Trinajstić information content (AvgIpc) is 2.63. The molecule has 1 aliphatic rings. The highest BCUT2D eigenvalue weighted by molar-refractivity contribution is 9.10. The SMILES string of the molecule is O=C(NC1CCCC(C(F)(F)F)C1)c1ccccc1Sc1ccc(Br)cn1. The molecular formula is C19H18BrF3N2OS. The second-order valence-corrected chi connectivity index (χ2v) is 8.47. The van der Waals surface area contributed by atoms with Crippen LogP contribution in [0.15, 0.2) is 57.0 Å². The summed E-state index contributed by atoms with van der Waals surface area (Å²) >= 11 is 4.67. The predicted molar refractivity (Wildman–Crippen MR) is 102 cm³/mol. The second kappa shape index (κ2) is 8.65. The van der Waals surface area contributed by atoms with Crippen molar-refractivity contribution in [2.24, 2.45) is 5.92 Å². The summed E-state index contributed by atoms with van der Waals surface area (Å²) in [5, 5.41) is 3.52. The molecule has 8 heteroatoms. The lowest BCUT2D eigenvalue weighted by Gasteiger charge is -2.31. The molecule has 144 valence electrons. The molecule has 3 rings (SSSR count). The molecule has 2 unspecified atom stereocenters. The first-order valence-electron chi connectivity index (χ1n) is 8.59. The highest BCUT2D eigenvalue weighted by atomic mass is 79.9. The molecule has 0 radical (unpaired) electrons. The fraction of sp³-hybridized carbons (Fsp3) is 0.368. The molecule has 1 aromatic heterocycles. The Bertz CT molecular complexity index is 798. The number of halogens is 4. The summed E-state index contributed by atoms with van der Waals surface area (Å²) in [5.41, 5.74) is 0.446. The normalized spacial score (nSPS) is 20.3. The third-order valence-corrected chi connectivity index (χ3v) is 6.01. The van der Waals surface area contributed by atoms with Crippen LogP contribution in [0.4, 0.5) is 13.2 Å². The summed E-state index contributed by atoms with van der Waals surface area (Å²) in [6, 6.07) is 10.3.